The van der Waals surface area contributed by atoms with Crippen LogP contribution in [0.15, 0.2) is 29.3 Å². The van der Waals surface area contributed by atoms with Crippen LogP contribution in [0.2, 0.25) is 0 Å². The van der Waals surface area contributed by atoms with Gasteiger partial charge in [-0.2, -0.15) is 0 Å². The van der Waals surface area contributed by atoms with E-state index in [9.17, 15) is 8.42 Å². The van der Waals surface area contributed by atoms with E-state index < -0.39 is 14.6 Å². The van der Waals surface area contributed by atoms with Crippen LogP contribution in [0.5, 0.6) is 5.75 Å². The average molecular weight is 341 g/mol. The fourth-order valence-electron chi connectivity index (χ4n) is 1.80. The molecule has 0 heterocycles. The van der Waals surface area contributed by atoms with Crippen LogP contribution in [-0.4, -0.2) is 45.6 Å². The standard InChI is InChI=1S/C16H27N3O3S/c1-16(2,3)23(20,21)10-9-18-15(17-4)19-12-13-7-6-8-14(11-13)22-5/h6-8,11H,9-10,12H2,1-5H3,(H2,17,18,19). The van der Waals surface area contributed by atoms with Crippen LogP contribution < -0.4 is 15.4 Å². The maximum atomic E-state index is 12.1. The third-order valence-electron chi connectivity index (χ3n) is 3.41. The fourth-order valence-corrected chi connectivity index (χ4v) is 2.78. The van der Waals surface area contributed by atoms with E-state index >= 15 is 0 Å². The number of sulfone groups is 1. The van der Waals surface area contributed by atoms with Crippen molar-refractivity contribution >= 4 is 15.8 Å². The highest BCUT2D eigenvalue weighted by Crippen LogP contribution is 2.15. The molecule has 0 saturated carbocycles. The second-order valence-corrected chi connectivity index (χ2v) is 9.00. The Morgan fingerprint density at radius 2 is 1.96 bits per heavy atom. The number of methoxy groups -OCH3 is 1. The van der Waals surface area contributed by atoms with Crippen molar-refractivity contribution in [3.05, 3.63) is 29.8 Å². The first-order valence-electron chi connectivity index (χ1n) is 7.49. The topological polar surface area (TPSA) is 79.8 Å². The molecule has 7 heteroatoms. The van der Waals surface area contributed by atoms with Crippen molar-refractivity contribution in [3.8, 4) is 5.75 Å². The molecule has 1 aromatic carbocycles. The van der Waals surface area contributed by atoms with Crippen LogP contribution in [0.3, 0.4) is 0 Å². The summed E-state index contributed by atoms with van der Waals surface area (Å²) in [5, 5.41) is 6.18. The van der Waals surface area contributed by atoms with Crippen molar-refractivity contribution in [2.24, 2.45) is 4.99 Å². The minimum absolute atomic E-state index is 0.0658. The molecule has 23 heavy (non-hydrogen) atoms. The Hall–Kier alpha value is -1.76. The van der Waals surface area contributed by atoms with E-state index in [2.05, 4.69) is 15.6 Å². The molecular weight excluding hydrogens is 314 g/mol. The quantitative estimate of drug-likeness (QED) is 0.606. The van der Waals surface area contributed by atoms with Gasteiger partial charge in [0.1, 0.15) is 5.75 Å². The zero-order valence-corrected chi connectivity index (χ0v) is 15.3. The number of nitrogens with zero attached hydrogens (tertiary/aromatic N) is 1. The van der Waals surface area contributed by atoms with Crippen LogP contribution in [0.1, 0.15) is 26.3 Å². The van der Waals surface area contributed by atoms with Gasteiger partial charge in [-0.1, -0.05) is 12.1 Å². The molecule has 0 unspecified atom stereocenters. The summed E-state index contributed by atoms with van der Waals surface area (Å²) in [6.45, 7) is 6.01. The lowest BCUT2D eigenvalue weighted by molar-refractivity contribution is 0.414. The Morgan fingerprint density at radius 1 is 1.26 bits per heavy atom. The highest BCUT2D eigenvalue weighted by molar-refractivity contribution is 7.92. The largest absolute Gasteiger partial charge is 0.497 e. The number of rotatable bonds is 6. The summed E-state index contributed by atoms with van der Waals surface area (Å²) in [6, 6.07) is 7.72. The molecule has 0 aliphatic heterocycles. The molecule has 0 aliphatic carbocycles. The van der Waals surface area contributed by atoms with Crippen molar-refractivity contribution in [1.29, 1.82) is 0 Å². The van der Waals surface area contributed by atoms with E-state index in [-0.39, 0.29) is 5.75 Å². The minimum Gasteiger partial charge on any atom is -0.497 e. The molecule has 1 rings (SSSR count). The van der Waals surface area contributed by atoms with Gasteiger partial charge in [0.15, 0.2) is 15.8 Å². The third-order valence-corrected chi connectivity index (χ3v) is 6.02. The average Bonchev–Trinajstić information content (AvgIpc) is 2.49. The molecule has 0 saturated heterocycles. The molecule has 0 spiro atoms. The zero-order valence-electron chi connectivity index (χ0n) is 14.5. The van der Waals surface area contributed by atoms with Gasteiger partial charge in [0.2, 0.25) is 0 Å². The number of aliphatic imine (C=N–C) groups is 1. The molecule has 0 aliphatic rings. The van der Waals surface area contributed by atoms with Gasteiger partial charge in [-0.05, 0) is 38.5 Å². The maximum absolute atomic E-state index is 12.1. The first-order valence-corrected chi connectivity index (χ1v) is 9.14. The second-order valence-electron chi connectivity index (χ2n) is 6.14. The van der Waals surface area contributed by atoms with Crippen LogP contribution in [0.4, 0.5) is 0 Å². The van der Waals surface area contributed by atoms with Gasteiger partial charge >= 0.3 is 0 Å². The second kappa shape index (κ2) is 8.19. The van der Waals surface area contributed by atoms with Crippen molar-refractivity contribution in [3.63, 3.8) is 0 Å². The lowest BCUT2D eigenvalue weighted by atomic mass is 10.2. The molecule has 0 bridgehead atoms. The van der Waals surface area contributed by atoms with E-state index in [0.717, 1.165) is 11.3 Å². The van der Waals surface area contributed by atoms with Crippen LogP contribution in [0.25, 0.3) is 0 Å². The molecule has 0 aromatic heterocycles. The third kappa shape index (κ3) is 6.09. The van der Waals surface area contributed by atoms with Crippen LogP contribution in [0, 0.1) is 0 Å². The monoisotopic (exact) mass is 341 g/mol. The molecule has 2 N–H and O–H groups in total. The van der Waals surface area contributed by atoms with Crippen molar-refractivity contribution in [2.75, 3.05) is 26.5 Å². The van der Waals surface area contributed by atoms with Crippen LogP contribution >= 0.6 is 0 Å². The van der Waals surface area contributed by atoms with E-state index in [1.54, 1.807) is 34.9 Å². The highest BCUT2D eigenvalue weighted by Gasteiger charge is 2.28. The molecule has 0 fully saturated rings. The number of guanidine groups is 1. The first kappa shape index (κ1) is 19.3. The number of hydrogen-bond acceptors (Lipinski definition) is 4. The van der Waals surface area contributed by atoms with E-state index in [4.69, 9.17) is 4.74 Å². The lowest BCUT2D eigenvalue weighted by Gasteiger charge is -2.19. The summed E-state index contributed by atoms with van der Waals surface area (Å²) in [5.41, 5.74) is 1.05. The van der Waals surface area contributed by atoms with Gasteiger partial charge in [-0.3, -0.25) is 4.99 Å². The molecule has 0 atom stereocenters. The van der Waals surface area contributed by atoms with E-state index in [1.807, 2.05) is 24.3 Å². The predicted octanol–water partition coefficient (Wildman–Crippen LogP) is 1.57. The first-order chi connectivity index (χ1) is 10.7. The van der Waals surface area contributed by atoms with Crippen molar-refractivity contribution < 1.29 is 13.2 Å². The Kier molecular flexibility index (Phi) is 6.87. The number of benzene rings is 1. The molecule has 0 radical (unpaired) electrons. The van der Waals surface area contributed by atoms with Gasteiger partial charge in [0.25, 0.3) is 0 Å². The lowest BCUT2D eigenvalue weighted by Crippen LogP contribution is -2.41. The van der Waals surface area contributed by atoms with Crippen LogP contribution in [-0.2, 0) is 16.4 Å². The smallest absolute Gasteiger partial charge is 0.191 e. The van der Waals surface area contributed by atoms with E-state index in [1.165, 1.54) is 0 Å². The van der Waals surface area contributed by atoms with Crippen molar-refractivity contribution in [2.45, 2.75) is 32.1 Å². The van der Waals surface area contributed by atoms with Crippen molar-refractivity contribution in [1.82, 2.24) is 10.6 Å². The molecule has 0 amide bonds. The van der Waals surface area contributed by atoms with Gasteiger partial charge < -0.3 is 15.4 Å². The summed E-state index contributed by atoms with van der Waals surface area (Å²) in [6.07, 6.45) is 0. The predicted molar refractivity (Wildman–Crippen MR) is 94.7 cm³/mol. The molecule has 130 valence electrons. The molecule has 6 nitrogen and oxygen atoms in total. The summed E-state index contributed by atoms with van der Waals surface area (Å²) in [7, 11) is 0.140. The van der Waals surface area contributed by atoms with Gasteiger partial charge in [-0.15, -0.1) is 0 Å². The number of hydrogen-bond donors (Lipinski definition) is 2. The molecular formula is C16H27N3O3S. The van der Waals surface area contributed by atoms with E-state index in [0.29, 0.717) is 19.0 Å². The number of ether oxygens (including phenoxy) is 1. The SMILES string of the molecule is CN=C(NCCS(=O)(=O)C(C)(C)C)NCc1cccc(OC)c1. The normalized spacial score (nSPS) is 12.8. The fraction of sp³-hybridized carbons (Fsp3) is 0.562. The minimum atomic E-state index is -3.14. The Labute approximate surface area is 139 Å². The highest BCUT2D eigenvalue weighted by atomic mass is 32.2. The summed E-state index contributed by atoms with van der Waals surface area (Å²) in [5.74, 6) is 1.43. The Bertz CT molecular complexity index is 634. The zero-order chi connectivity index (χ0) is 17.5. The molecule has 1 aromatic rings. The Balaban J connectivity index is 2.50. The Morgan fingerprint density at radius 3 is 2.52 bits per heavy atom. The summed E-state index contributed by atoms with van der Waals surface area (Å²) < 4.78 is 28.6. The van der Waals surface area contributed by atoms with Gasteiger partial charge in [-0.25, -0.2) is 8.42 Å². The summed E-state index contributed by atoms with van der Waals surface area (Å²) >= 11 is 0. The van der Waals surface area contributed by atoms with Gasteiger partial charge in [0, 0.05) is 20.1 Å². The van der Waals surface area contributed by atoms with Gasteiger partial charge in [0.05, 0.1) is 17.6 Å². The number of nitrogens with one attached hydrogen (secondary N) is 2. The maximum Gasteiger partial charge on any atom is 0.191 e. The summed E-state index contributed by atoms with van der Waals surface area (Å²) in [4.78, 5) is 4.10.